The van der Waals surface area contributed by atoms with Gasteiger partial charge in [0, 0.05) is 25.3 Å². The molecule has 0 radical (unpaired) electrons. The Labute approximate surface area is 176 Å². The predicted octanol–water partition coefficient (Wildman–Crippen LogP) is 4.24. The standard InChI is InChI=1S/C24H25N5O/c25-16-24(19-6-2-1-3-7-19)10-12-28(13-11-24)23(30)18-14-21-22(26-15-18)29(17-27-21)20-8-4-5-9-20/h1-3,6-7,14-15,17,20H,4-5,8-13H2. The molecule has 152 valence electrons. The maximum atomic E-state index is 13.1. The van der Waals surface area contributed by atoms with Crippen LogP contribution in [0.15, 0.2) is 48.9 Å². The van der Waals surface area contributed by atoms with Gasteiger partial charge in [0.1, 0.15) is 5.52 Å². The molecule has 0 unspecified atom stereocenters. The van der Waals surface area contributed by atoms with Crippen molar-refractivity contribution in [2.45, 2.75) is 50.0 Å². The summed E-state index contributed by atoms with van der Waals surface area (Å²) in [5.74, 6) is -0.0283. The van der Waals surface area contributed by atoms with Crippen LogP contribution in [0.5, 0.6) is 0 Å². The van der Waals surface area contributed by atoms with Crippen molar-refractivity contribution in [3.05, 3.63) is 60.0 Å². The largest absolute Gasteiger partial charge is 0.338 e. The van der Waals surface area contributed by atoms with Gasteiger partial charge in [-0.05, 0) is 37.3 Å². The van der Waals surface area contributed by atoms with Gasteiger partial charge in [0.05, 0.1) is 23.4 Å². The molecule has 0 bridgehead atoms. The predicted molar refractivity (Wildman–Crippen MR) is 114 cm³/mol. The normalized spacial score (nSPS) is 19.1. The Kier molecular flexibility index (Phi) is 4.74. The second-order valence-electron chi connectivity index (χ2n) is 8.51. The van der Waals surface area contributed by atoms with Crippen LogP contribution in [0, 0.1) is 11.3 Å². The van der Waals surface area contributed by atoms with E-state index in [9.17, 15) is 10.1 Å². The number of pyridine rings is 1. The summed E-state index contributed by atoms with van der Waals surface area (Å²) in [6.45, 7) is 1.13. The molecule has 1 aliphatic heterocycles. The van der Waals surface area contributed by atoms with E-state index >= 15 is 0 Å². The SMILES string of the molecule is N#CC1(c2ccccc2)CCN(C(=O)c2cnc3c(c2)ncn3C2CCCC2)CC1. The molecule has 1 saturated heterocycles. The minimum absolute atomic E-state index is 0.0283. The first-order chi connectivity index (χ1) is 14.7. The van der Waals surface area contributed by atoms with E-state index in [0.29, 0.717) is 37.5 Å². The van der Waals surface area contributed by atoms with E-state index in [1.807, 2.05) is 47.6 Å². The van der Waals surface area contributed by atoms with E-state index in [1.54, 1.807) is 6.20 Å². The summed E-state index contributed by atoms with van der Waals surface area (Å²) >= 11 is 0. The molecule has 2 aromatic heterocycles. The third kappa shape index (κ3) is 3.15. The lowest BCUT2D eigenvalue weighted by atomic mass is 9.74. The van der Waals surface area contributed by atoms with Gasteiger partial charge in [-0.1, -0.05) is 43.2 Å². The lowest BCUT2D eigenvalue weighted by Gasteiger charge is -2.37. The first kappa shape index (κ1) is 18.8. The molecule has 30 heavy (non-hydrogen) atoms. The van der Waals surface area contributed by atoms with Crippen LogP contribution in [0.3, 0.4) is 0 Å². The van der Waals surface area contributed by atoms with Crippen LogP contribution in [0.25, 0.3) is 11.2 Å². The Morgan fingerprint density at radius 1 is 1.10 bits per heavy atom. The zero-order chi connectivity index (χ0) is 20.6. The van der Waals surface area contributed by atoms with Crippen LogP contribution in [0.2, 0.25) is 0 Å². The zero-order valence-corrected chi connectivity index (χ0v) is 17.0. The van der Waals surface area contributed by atoms with Crippen LogP contribution >= 0.6 is 0 Å². The van der Waals surface area contributed by atoms with E-state index in [2.05, 4.69) is 20.6 Å². The first-order valence-electron chi connectivity index (χ1n) is 10.8. The Morgan fingerprint density at radius 3 is 2.53 bits per heavy atom. The highest BCUT2D eigenvalue weighted by Gasteiger charge is 2.38. The quantitative estimate of drug-likeness (QED) is 0.660. The molecule has 1 amide bonds. The number of aromatic nitrogens is 3. The number of rotatable bonds is 3. The highest BCUT2D eigenvalue weighted by molar-refractivity contribution is 5.96. The number of nitriles is 1. The molecule has 0 atom stereocenters. The molecular weight excluding hydrogens is 374 g/mol. The molecule has 2 aliphatic rings. The molecule has 0 N–H and O–H groups in total. The number of hydrogen-bond acceptors (Lipinski definition) is 4. The minimum atomic E-state index is -0.514. The van der Waals surface area contributed by atoms with Crippen LogP contribution in [-0.4, -0.2) is 38.4 Å². The monoisotopic (exact) mass is 399 g/mol. The molecular formula is C24H25N5O. The van der Waals surface area contributed by atoms with E-state index < -0.39 is 5.41 Å². The van der Waals surface area contributed by atoms with Crippen molar-refractivity contribution in [1.82, 2.24) is 19.4 Å². The van der Waals surface area contributed by atoms with Crippen molar-refractivity contribution in [3.8, 4) is 6.07 Å². The average molecular weight is 399 g/mol. The number of imidazole rings is 1. The Morgan fingerprint density at radius 2 is 1.83 bits per heavy atom. The van der Waals surface area contributed by atoms with Crippen molar-refractivity contribution in [1.29, 1.82) is 5.26 Å². The maximum absolute atomic E-state index is 13.1. The number of nitrogens with zero attached hydrogens (tertiary/aromatic N) is 5. The lowest BCUT2D eigenvalue weighted by Crippen LogP contribution is -2.44. The van der Waals surface area contributed by atoms with Crippen molar-refractivity contribution >= 4 is 17.1 Å². The number of piperidine rings is 1. The van der Waals surface area contributed by atoms with Crippen molar-refractivity contribution in [2.24, 2.45) is 0 Å². The number of likely N-dealkylation sites (tertiary alicyclic amines) is 1. The molecule has 1 aromatic carbocycles. The van der Waals surface area contributed by atoms with Crippen molar-refractivity contribution < 1.29 is 4.79 Å². The van der Waals surface area contributed by atoms with E-state index in [1.165, 1.54) is 25.7 Å². The van der Waals surface area contributed by atoms with Gasteiger partial charge >= 0.3 is 0 Å². The molecule has 0 spiro atoms. The summed E-state index contributed by atoms with van der Waals surface area (Å²) in [6.07, 6.45) is 9.68. The summed E-state index contributed by atoms with van der Waals surface area (Å²) in [4.78, 5) is 24.1. The smallest absolute Gasteiger partial charge is 0.255 e. The summed E-state index contributed by atoms with van der Waals surface area (Å²) < 4.78 is 2.17. The number of carbonyl (C=O) groups is 1. The summed E-state index contributed by atoms with van der Waals surface area (Å²) in [5, 5.41) is 9.87. The summed E-state index contributed by atoms with van der Waals surface area (Å²) in [5.41, 5.74) is 2.74. The van der Waals surface area contributed by atoms with Crippen molar-refractivity contribution in [2.75, 3.05) is 13.1 Å². The van der Waals surface area contributed by atoms with Gasteiger partial charge < -0.3 is 9.47 Å². The highest BCUT2D eigenvalue weighted by atomic mass is 16.2. The number of fused-ring (bicyclic) bond motifs is 1. The summed E-state index contributed by atoms with van der Waals surface area (Å²) in [7, 11) is 0. The van der Waals surface area contributed by atoms with Crippen molar-refractivity contribution in [3.63, 3.8) is 0 Å². The van der Waals surface area contributed by atoms with E-state index in [0.717, 1.165) is 16.7 Å². The molecule has 6 nitrogen and oxygen atoms in total. The summed E-state index contributed by atoms with van der Waals surface area (Å²) in [6, 6.07) is 14.8. The molecule has 3 heterocycles. The van der Waals surface area contributed by atoms with Crippen LogP contribution in [-0.2, 0) is 5.41 Å². The van der Waals surface area contributed by atoms with Gasteiger partial charge in [-0.3, -0.25) is 4.79 Å². The minimum Gasteiger partial charge on any atom is -0.338 e. The van der Waals surface area contributed by atoms with Gasteiger partial charge in [-0.2, -0.15) is 5.26 Å². The molecule has 5 rings (SSSR count). The third-order valence-electron chi connectivity index (χ3n) is 6.82. The first-order valence-corrected chi connectivity index (χ1v) is 10.8. The maximum Gasteiger partial charge on any atom is 0.255 e. The highest BCUT2D eigenvalue weighted by Crippen LogP contribution is 2.35. The van der Waals surface area contributed by atoms with E-state index in [-0.39, 0.29) is 5.91 Å². The lowest BCUT2D eigenvalue weighted by molar-refractivity contribution is 0.0691. The number of benzene rings is 1. The zero-order valence-electron chi connectivity index (χ0n) is 17.0. The van der Waals surface area contributed by atoms with Crippen LogP contribution in [0.4, 0.5) is 0 Å². The fourth-order valence-corrected chi connectivity index (χ4v) is 4.98. The fourth-order valence-electron chi connectivity index (χ4n) is 4.98. The Balaban J connectivity index is 1.33. The van der Waals surface area contributed by atoms with Gasteiger partial charge in [-0.25, -0.2) is 9.97 Å². The number of carbonyl (C=O) groups excluding carboxylic acids is 1. The second kappa shape index (κ2) is 7.56. The molecule has 3 aromatic rings. The molecule has 1 saturated carbocycles. The van der Waals surface area contributed by atoms with Gasteiger partial charge in [0.25, 0.3) is 5.91 Å². The fraction of sp³-hybridized carbons (Fsp3) is 0.417. The van der Waals surface area contributed by atoms with Crippen LogP contribution in [0.1, 0.15) is 60.5 Å². The average Bonchev–Trinajstić information content (AvgIpc) is 3.48. The number of amides is 1. The number of hydrogen-bond donors (Lipinski definition) is 0. The molecule has 1 aliphatic carbocycles. The van der Waals surface area contributed by atoms with Crippen LogP contribution < -0.4 is 0 Å². The molecule has 2 fully saturated rings. The van der Waals surface area contributed by atoms with Gasteiger partial charge in [0.2, 0.25) is 0 Å². The Bertz CT molecular complexity index is 1100. The second-order valence-corrected chi connectivity index (χ2v) is 8.51. The van der Waals surface area contributed by atoms with Gasteiger partial charge in [-0.15, -0.1) is 0 Å². The topological polar surface area (TPSA) is 74.8 Å². The van der Waals surface area contributed by atoms with Gasteiger partial charge in [0.15, 0.2) is 5.65 Å². The third-order valence-corrected chi connectivity index (χ3v) is 6.82. The van der Waals surface area contributed by atoms with E-state index in [4.69, 9.17) is 0 Å². The Hall–Kier alpha value is -3.20. The molecule has 6 heteroatoms.